The summed E-state index contributed by atoms with van der Waals surface area (Å²) in [6.07, 6.45) is 3.08. The van der Waals surface area contributed by atoms with E-state index in [4.69, 9.17) is 11.6 Å². The van der Waals surface area contributed by atoms with Gasteiger partial charge in [0.2, 0.25) is 0 Å². The molecule has 0 spiro atoms. The molecule has 2 N–H and O–H groups in total. The van der Waals surface area contributed by atoms with E-state index in [1.165, 1.54) is 5.69 Å². The molecule has 1 amide bonds. The van der Waals surface area contributed by atoms with Crippen molar-refractivity contribution in [2.45, 2.75) is 46.1 Å². The van der Waals surface area contributed by atoms with Crippen molar-refractivity contribution in [1.82, 2.24) is 15.2 Å². The minimum atomic E-state index is -0.0865. The summed E-state index contributed by atoms with van der Waals surface area (Å²) in [4.78, 5) is 21.0. The van der Waals surface area contributed by atoms with E-state index in [1.54, 1.807) is 0 Å². The van der Waals surface area contributed by atoms with Crippen LogP contribution in [0.3, 0.4) is 0 Å². The minimum Gasteiger partial charge on any atom is -0.369 e. The summed E-state index contributed by atoms with van der Waals surface area (Å²) in [5.41, 5.74) is 3.88. The van der Waals surface area contributed by atoms with E-state index in [-0.39, 0.29) is 11.9 Å². The average molecular weight is 469 g/mol. The monoisotopic (exact) mass is 468 g/mol. The Morgan fingerprint density at radius 3 is 2.42 bits per heavy atom. The zero-order chi connectivity index (χ0) is 23.8. The number of aromatic nitrogens is 1. The number of halogens is 1. The molecule has 4 rings (SSSR count). The van der Waals surface area contributed by atoms with Crippen LogP contribution in [0.15, 0.2) is 48.5 Å². The largest absolute Gasteiger partial charge is 0.369 e. The van der Waals surface area contributed by atoms with Crippen LogP contribution in [0.4, 0.5) is 5.69 Å². The second-order valence-electron chi connectivity index (χ2n) is 8.46. The van der Waals surface area contributed by atoms with E-state index in [0.717, 1.165) is 61.9 Å². The Labute approximate surface area is 203 Å². The van der Waals surface area contributed by atoms with Crippen LogP contribution in [0.2, 0.25) is 5.02 Å². The Hall–Kier alpha value is -2.50. The van der Waals surface area contributed by atoms with Crippen molar-refractivity contribution in [3.05, 3.63) is 64.8 Å². The SMILES string of the molecule is CC.CCCCC(NC(=O)c1cc2cc(Cl)ccc2[nH]1)c1ccc(N2CCN(C)CC2)cc1. The number of hydrogen-bond donors (Lipinski definition) is 2. The van der Waals surface area contributed by atoms with E-state index in [0.29, 0.717) is 10.7 Å². The van der Waals surface area contributed by atoms with Gasteiger partial charge >= 0.3 is 0 Å². The van der Waals surface area contributed by atoms with Gasteiger partial charge < -0.3 is 20.1 Å². The lowest BCUT2D eigenvalue weighted by atomic mass is 10.00. The van der Waals surface area contributed by atoms with Crippen LogP contribution in [0.1, 0.15) is 62.1 Å². The molecule has 1 unspecified atom stereocenters. The predicted octanol–water partition coefficient (Wildman–Crippen LogP) is 6.26. The molecule has 1 aliphatic heterocycles. The third kappa shape index (κ3) is 6.52. The predicted molar refractivity (Wildman–Crippen MR) is 141 cm³/mol. The Morgan fingerprint density at radius 2 is 1.76 bits per heavy atom. The fourth-order valence-corrected chi connectivity index (χ4v) is 4.35. The zero-order valence-electron chi connectivity index (χ0n) is 20.3. The molecule has 0 bridgehead atoms. The highest BCUT2D eigenvalue weighted by molar-refractivity contribution is 6.31. The molecule has 0 saturated carbocycles. The van der Waals surface area contributed by atoms with Crippen LogP contribution >= 0.6 is 11.6 Å². The number of carbonyl (C=O) groups is 1. The molecule has 1 fully saturated rings. The fourth-order valence-electron chi connectivity index (χ4n) is 4.17. The van der Waals surface area contributed by atoms with Gasteiger partial charge in [-0.1, -0.05) is 57.3 Å². The smallest absolute Gasteiger partial charge is 0.268 e. The summed E-state index contributed by atoms with van der Waals surface area (Å²) in [6, 6.07) is 16.2. The van der Waals surface area contributed by atoms with Crippen molar-refractivity contribution in [1.29, 1.82) is 0 Å². The number of amides is 1. The van der Waals surface area contributed by atoms with Gasteiger partial charge in [0.15, 0.2) is 0 Å². The zero-order valence-corrected chi connectivity index (χ0v) is 21.1. The minimum absolute atomic E-state index is 0.0102. The quantitative estimate of drug-likeness (QED) is 0.430. The Bertz CT molecular complexity index is 1020. The molecule has 178 valence electrons. The molecule has 2 heterocycles. The number of nitrogens with zero attached hydrogens (tertiary/aromatic N) is 2. The Balaban J connectivity index is 0.00000149. The van der Waals surface area contributed by atoms with Crippen molar-refractivity contribution in [3.63, 3.8) is 0 Å². The topological polar surface area (TPSA) is 51.4 Å². The first-order valence-corrected chi connectivity index (χ1v) is 12.5. The van der Waals surface area contributed by atoms with E-state index in [1.807, 2.05) is 38.1 Å². The number of rotatable bonds is 7. The molecule has 5 nitrogen and oxygen atoms in total. The highest BCUT2D eigenvalue weighted by Crippen LogP contribution is 2.25. The summed E-state index contributed by atoms with van der Waals surface area (Å²) in [5, 5.41) is 4.85. The molecule has 0 aliphatic carbocycles. The highest BCUT2D eigenvalue weighted by atomic mass is 35.5. The maximum absolute atomic E-state index is 13.0. The first kappa shape index (κ1) is 25.1. The number of carbonyl (C=O) groups excluding carboxylic acids is 1. The first-order chi connectivity index (χ1) is 16.0. The van der Waals surface area contributed by atoms with Crippen molar-refractivity contribution in [3.8, 4) is 0 Å². The molecular weight excluding hydrogens is 432 g/mol. The summed E-state index contributed by atoms with van der Waals surface area (Å²) in [5.74, 6) is -0.0865. The van der Waals surface area contributed by atoms with Crippen LogP contribution in [-0.4, -0.2) is 49.0 Å². The standard InChI is InChI=1S/C25H31ClN4O.C2H6/c1-3-4-5-22(18-6-9-21(10-7-18)30-14-12-29(2)13-15-30)28-25(31)24-17-19-16-20(26)8-11-23(19)27-24;1-2/h6-11,16-17,22,27H,3-5,12-15H2,1-2H3,(H,28,31);1-2H3. The third-order valence-corrected chi connectivity index (χ3v) is 6.38. The molecular formula is C27H37ClN4O. The molecule has 1 aliphatic rings. The molecule has 1 saturated heterocycles. The highest BCUT2D eigenvalue weighted by Gasteiger charge is 2.19. The van der Waals surface area contributed by atoms with Crippen molar-refractivity contribution < 1.29 is 4.79 Å². The molecule has 33 heavy (non-hydrogen) atoms. The third-order valence-electron chi connectivity index (χ3n) is 6.14. The number of aromatic amines is 1. The van der Waals surface area contributed by atoms with Gasteiger partial charge in [-0.25, -0.2) is 0 Å². The lowest BCUT2D eigenvalue weighted by molar-refractivity contribution is 0.0930. The number of anilines is 1. The number of fused-ring (bicyclic) bond motifs is 1. The maximum Gasteiger partial charge on any atom is 0.268 e. The van der Waals surface area contributed by atoms with Gasteiger partial charge in [0.25, 0.3) is 5.91 Å². The van der Waals surface area contributed by atoms with Gasteiger partial charge in [-0.15, -0.1) is 0 Å². The number of H-pyrrole nitrogens is 1. The molecule has 1 aromatic heterocycles. The second-order valence-corrected chi connectivity index (χ2v) is 8.90. The molecule has 1 atom stereocenters. The Kier molecular flexibility index (Phi) is 9.21. The number of hydrogen-bond acceptors (Lipinski definition) is 3. The van der Waals surface area contributed by atoms with Crippen LogP contribution in [0.25, 0.3) is 10.9 Å². The molecule has 0 radical (unpaired) electrons. The van der Waals surface area contributed by atoms with Crippen LogP contribution in [0.5, 0.6) is 0 Å². The second kappa shape index (κ2) is 12.1. The molecule has 2 aromatic carbocycles. The van der Waals surface area contributed by atoms with Gasteiger partial charge in [0.1, 0.15) is 5.69 Å². The van der Waals surface area contributed by atoms with Gasteiger partial charge in [-0.3, -0.25) is 4.79 Å². The van der Waals surface area contributed by atoms with Gasteiger partial charge in [0.05, 0.1) is 6.04 Å². The molecule has 3 aromatic rings. The number of likely N-dealkylation sites (N-methyl/N-ethyl adjacent to an activating group) is 1. The average Bonchev–Trinajstić information content (AvgIpc) is 3.27. The van der Waals surface area contributed by atoms with E-state index >= 15 is 0 Å². The van der Waals surface area contributed by atoms with Crippen molar-refractivity contribution in [2.75, 3.05) is 38.1 Å². The van der Waals surface area contributed by atoms with E-state index in [9.17, 15) is 4.79 Å². The van der Waals surface area contributed by atoms with Crippen LogP contribution in [-0.2, 0) is 0 Å². The number of nitrogens with one attached hydrogen (secondary N) is 2. The fraction of sp³-hybridized carbons (Fsp3) is 0.444. The summed E-state index contributed by atoms with van der Waals surface area (Å²) in [6.45, 7) is 10.5. The normalized spacial score (nSPS) is 15.1. The lowest BCUT2D eigenvalue weighted by Gasteiger charge is -2.34. The van der Waals surface area contributed by atoms with Gasteiger partial charge in [0, 0.05) is 47.8 Å². The maximum atomic E-state index is 13.0. The number of unbranched alkanes of at least 4 members (excludes halogenated alkanes) is 1. The van der Waals surface area contributed by atoms with Crippen LogP contribution < -0.4 is 10.2 Å². The van der Waals surface area contributed by atoms with Crippen LogP contribution in [0, 0.1) is 0 Å². The summed E-state index contributed by atoms with van der Waals surface area (Å²) >= 11 is 6.08. The van der Waals surface area contributed by atoms with E-state index in [2.05, 4.69) is 58.3 Å². The lowest BCUT2D eigenvalue weighted by Crippen LogP contribution is -2.44. The summed E-state index contributed by atoms with van der Waals surface area (Å²) in [7, 11) is 2.17. The number of benzene rings is 2. The number of piperazine rings is 1. The Morgan fingerprint density at radius 1 is 1.06 bits per heavy atom. The van der Waals surface area contributed by atoms with Gasteiger partial charge in [-0.2, -0.15) is 0 Å². The van der Waals surface area contributed by atoms with E-state index < -0.39 is 0 Å². The first-order valence-electron chi connectivity index (χ1n) is 12.2. The summed E-state index contributed by atoms with van der Waals surface area (Å²) < 4.78 is 0. The molecule has 6 heteroatoms. The van der Waals surface area contributed by atoms with Crippen molar-refractivity contribution >= 4 is 34.1 Å². The van der Waals surface area contributed by atoms with Crippen molar-refractivity contribution in [2.24, 2.45) is 0 Å². The van der Waals surface area contributed by atoms with Gasteiger partial charge in [-0.05, 0) is 55.4 Å².